The van der Waals surface area contributed by atoms with Gasteiger partial charge in [0.25, 0.3) is 5.91 Å². The first-order valence-electron chi connectivity index (χ1n) is 7.85. The highest BCUT2D eigenvalue weighted by molar-refractivity contribution is 7.80. The van der Waals surface area contributed by atoms with Crippen LogP contribution in [0, 0.1) is 6.92 Å². The molecule has 3 aromatic rings. The number of benzene rings is 2. The fourth-order valence-corrected chi connectivity index (χ4v) is 2.96. The standard InChI is InChI=1S/C19H19N3OS/c1-13-15(16-9-5-6-10-17(16)21-13)11-12-20-19(24)22-18(23)14-7-3-2-4-8-14/h2-10,21H,11-12H2,1H3,(H2,20,22,23,24). The largest absolute Gasteiger partial charge is 0.362 e. The molecule has 24 heavy (non-hydrogen) atoms. The smallest absolute Gasteiger partial charge is 0.257 e. The van der Waals surface area contributed by atoms with E-state index >= 15 is 0 Å². The van der Waals surface area contributed by atoms with Crippen LogP contribution in [-0.2, 0) is 6.42 Å². The molecule has 1 aromatic heterocycles. The predicted molar refractivity (Wildman–Crippen MR) is 101 cm³/mol. The minimum absolute atomic E-state index is 0.198. The highest BCUT2D eigenvalue weighted by Gasteiger charge is 2.09. The molecule has 0 unspecified atom stereocenters. The number of thiocarbonyl (C=S) groups is 1. The number of hydrogen-bond acceptors (Lipinski definition) is 2. The third-order valence-electron chi connectivity index (χ3n) is 3.95. The van der Waals surface area contributed by atoms with E-state index < -0.39 is 0 Å². The van der Waals surface area contributed by atoms with Crippen LogP contribution in [0.5, 0.6) is 0 Å². The quantitative estimate of drug-likeness (QED) is 0.640. The first kappa shape index (κ1) is 16.2. The molecule has 0 atom stereocenters. The number of aryl methyl sites for hydroxylation is 1. The van der Waals surface area contributed by atoms with Gasteiger partial charge in [0.05, 0.1) is 0 Å². The van der Waals surface area contributed by atoms with Gasteiger partial charge in [0.2, 0.25) is 0 Å². The summed E-state index contributed by atoms with van der Waals surface area (Å²) in [5, 5.41) is 7.38. The van der Waals surface area contributed by atoms with Crippen LogP contribution >= 0.6 is 12.2 Å². The van der Waals surface area contributed by atoms with Crippen LogP contribution in [0.2, 0.25) is 0 Å². The summed E-state index contributed by atoms with van der Waals surface area (Å²) in [5.41, 5.74) is 4.17. The van der Waals surface area contributed by atoms with Crippen LogP contribution in [0.3, 0.4) is 0 Å². The second-order valence-corrected chi connectivity index (χ2v) is 6.01. The van der Waals surface area contributed by atoms with Gasteiger partial charge in [-0.3, -0.25) is 10.1 Å². The van der Waals surface area contributed by atoms with Crippen molar-refractivity contribution in [1.29, 1.82) is 0 Å². The Labute approximate surface area is 146 Å². The van der Waals surface area contributed by atoms with Crippen LogP contribution in [0.1, 0.15) is 21.6 Å². The van der Waals surface area contributed by atoms with Crippen molar-refractivity contribution < 1.29 is 4.79 Å². The maximum absolute atomic E-state index is 12.0. The lowest BCUT2D eigenvalue weighted by atomic mass is 10.1. The fourth-order valence-electron chi connectivity index (χ4n) is 2.77. The van der Waals surface area contributed by atoms with E-state index in [9.17, 15) is 4.79 Å². The molecule has 0 radical (unpaired) electrons. The first-order chi connectivity index (χ1) is 11.6. The maximum Gasteiger partial charge on any atom is 0.257 e. The van der Waals surface area contributed by atoms with Gasteiger partial charge in [-0.1, -0.05) is 36.4 Å². The number of para-hydroxylation sites is 1. The molecule has 0 saturated carbocycles. The summed E-state index contributed by atoms with van der Waals surface area (Å²) >= 11 is 5.20. The molecule has 0 spiro atoms. The lowest BCUT2D eigenvalue weighted by molar-refractivity contribution is 0.0976. The van der Waals surface area contributed by atoms with Crippen molar-refractivity contribution >= 4 is 34.1 Å². The van der Waals surface area contributed by atoms with Gasteiger partial charge in [0.1, 0.15) is 0 Å². The number of carbonyl (C=O) groups excluding carboxylic acids is 1. The summed E-state index contributed by atoms with van der Waals surface area (Å²) in [6, 6.07) is 17.3. The van der Waals surface area contributed by atoms with Gasteiger partial charge >= 0.3 is 0 Å². The summed E-state index contributed by atoms with van der Waals surface area (Å²) < 4.78 is 0. The topological polar surface area (TPSA) is 56.9 Å². The number of aromatic amines is 1. The normalized spacial score (nSPS) is 10.5. The molecule has 122 valence electrons. The third-order valence-corrected chi connectivity index (χ3v) is 4.20. The monoisotopic (exact) mass is 337 g/mol. The summed E-state index contributed by atoms with van der Waals surface area (Å²) in [6.45, 7) is 2.74. The van der Waals surface area contributed by atoms with Crippen molar-refractivity contribution in [3.8, 4) is 0 Å². The molecule has 0 aliphatic heterocycles. The van der Waals surface area contributed by atoms with Gasteiger partial charge in [0.15, 0.2) is 5.11 Å². The molecule has 0 fully saturated rings. The summed E-state index contributed by atoms with van der Waals surface area (Å²) in [5.74, 6) is -0.198. The summed E-state index contributed by atoms with van der Waals surface area (Å²) in [7, 11) is 0. The van der Waals surface area contributed by atoms with Crippen LogP contribution in [0.25, 0.3) is 10.9 Å². The van der Waals surface area contributed by atoms with Crippen molar-refractivity contribution in [1.82, 2.24) is 15.6 Å². The number of aromatic nitrogens is 1. The molecular formula is C19H19N3OS. The average molecular weight is 337 g/mol. The Morgan fingerprint density at radius 1 is 1.08 bits per heavy atom. The highest BCUT2D eigenvalue weighted by atomic mass is 32.1. The number of amides is 1. The molecule has 2 aromatic carbocycles. The van der Waals surface area contributed by atoms with Crippen molar-refractivity contribution in [2.45, 2.75) is 13.3 Å². The number of nitrogens with one attached hydrogen (secondary N) is 3. The van der Waals surface area contributed by atoms with Crippen molar-refractivity contribution in [2.75, 3.05) is 6.54 Å². The van der Waals surface area contributed by atoms with E-state index in [1.807, 2.05) is 30.3 Å². The van der Waals surface area contributed by atoms with Crippen molar-refractivity contribution in [2.24, 2.45) is 0 Å². The van der Waals surface area contributed by atoms with Gasteiger partial charge in [0, 0.05) is 28.7 Å². The van der Waals surface area contributed by atoms with E-state index in [0.717, 1.165) is 17.6 Å². The number of fused-ring (bicyclic) bond motifs is 1. The van der Waals surface area contributed by atoms with E-state index in [1.54, 1.807) is 12.1 Å². The Hall–Kier alpha value is -2.66. The molecule has 3 N–H and O–H groups in total. The average Bonchev–Trinajstić information content (AvgIpc) is 2.91. The fraction of sp³-hybridized carbons (Fsp3) is 0.158. The molecule has 4 nitrogen and oxygen atoms in total. The zero-order valence-electron chi connectivity index (χ0n) is 13.4. The van der Waals surface area contributed by atoms with Crippen LogP contribution in [0.15, 0.2) is 54.6 Å². The molecule has 1 heterocycles. The molecule has 0 bridgehead atoms. The molecular weight excluding hydrogens is 318 g/mol. The molecule has 1 amide bonds. The van der Waals surface area contributed by atoms with Gasteiger partial charge < -0.3 is 10.3 Å². The molecule has 0 aliphatic rings. The zero-order valence-corrected chi connectivity index (χ0v) is 14.2. The Morgan fingerprint density at radius 3 is 2.58 bits per heavy atom. The van der Waals surface area contributed by atoms with Gasteiger partial charge in [-0.2, -0.15) is 0 Å². The molecule has 3 rings (SSSR count). The van der Waals surface area contributed by atoms with E-state index in [1.165, 1.54) is 10.9 Å². The summed E-state index contributed by atoms with van der Waals surface area (Å²) in [6.07, 6.45) is 0.831. The van der Waals surface area contributed by atoms with E-state index in [4.69, 9.17) is 12.2 Å². The minimum atomic E-state index is -0.198. The van der Waals surface area contributed by atoms with Crippen LogP contribution in [-0.4, -0.2) is 22.5 Å². The van der Waals surface area contributed by atoms with Crippen LogP contribution in [0.4, 0.5) is 0 Å². The molecule has 0 aliphatic carbocycles. The van der Waals surface area contributed by atoms with Gasteiger partial charge in [-0.15, -0.1) is 0 Å². The molecule has 5 heteroatoms. The highest BCUT2D eigenvalue weighted by Crippen LogP contribution is 2.21. The predicted octanol–water partition coefficient (Wildman–Crippen LogP) is 3.32. The lowest BCUT2D eigenvalue weighted by Crippen LogP contribution is -2.40. The zero-order chi connectivity index (χ0) is 16.9. The van der Waals surface area contributed by atoms with Gasteiger partial charge in [-0.05, 0) is 49.3 Å². The number of rotatable bonds is 4. The third kappa shape index (κ3) is 3.63. The van der Waals surface area contributed by atoms with Crippen LogP contribution < -0.4 is 10.6 Å². The van der Waals surface area contributed by atoms with E-state index in [0.29, 0.717) is 17.2 Å². The Morgan fingerprint density at radius 2 is 1.79 bits per heavy atom. The maximum atomic E-state index is 12.0. The molecule has 0 saturated heterocycles. The van der Waals surface area contributed by atoms with E-state index in [-0.39, 0.29) is 5.91 Å². The SMILES string of the molecule is Cc1[nH]c2ccccc2c1CCNC(=S)NC(=O)c1ccccc1. The Kier molecular flexibility index (Phi) is 4.91. The first-order valence-corrected chi connectivity index (χ1v) is 8.26. The van der Waals surface area contributed by atoms with Gasteiger partial charge in [-0.25, -0.2) is 0 Å². The van der Waals surface area contributed by atoms with Crippen molar-refractivity contribution in [3.05, 3.63) is 71.4 Å². The Bertz CT molecular complexity index is 871. The lowest BCUT2D eigenvalue weighted by Gasteiger charge is -2.09. The second kappa shape index (κ2) is 7.27. The minimum Gasteiger partial charge on any atom is -0.362 e. The van der Waals surface area contributed by atoms with E-state index in [2.05, 4.69) is 34.7 Å². The van der Waals surface area contributed by atoms with Crippen molar-refractivity contribution in [3.63, 3.8) is 0 Å². The number of hydrogen-bond donors (Lipinski definition) is 3. The number of H-pyrrole nitrogens is 1. The Balaban J connectivity index is 1.55. The second-order valence-electron chi connectivity index (χ2n) is 5.60. The summed E-state index contributed by atoms with van der Waals surface area (Å²) in [4.78, 5) is 15.4. The number of carbonyl (C=O) groups is 1.